The molecule has 0 radical (unpaired) electrons. The lowest BCUT2D eigenvalue weighted by molar-refractivity contribution is 1.28. The Morgan fingerprint density at radius 1 is 0.500 bits per heavy atom. The van der Waals surface area contributed by atoms with E-state index in [0.29, 0.717) is 0 Å². The number of hydrogen-bond acceptors (Lipinski definition) is 2. The maximum atomic E-state index is 4.81. The van der Waals surface area contributed by atoms with Crippen molar-refractivity contribution in [3.63, 3.8) is 0 Å². The number of rotatable bonds is 2. The van der Waals surface area contributed by atoms with Crippen LogP contribution in [0.15, 0.2) is 121 Å². The SMILES string of the molecule is c1cc(-c2ccc3c(c2)nc2sccn23)cc(-c2ccc3c4ccccc4c4ccccc4c3c2)c1. The van der Waals surface area contributed by atoms with Crippen LogP contribution in [-0.2, 0) is 0 Å². The molecular formula is C33H20N2S. The summed E-state index contributed by atoms with van der Waals surface area (Å²) < 4.78 is 2.16. The van der Waals surface area contributed by atoms with Crippen LogP contribution in [0.1, 0.15) is 0 Å². The first-order valence-corrected chi connectivity index (χ1v) is 13.0. The topological polar surface area (TPSA) is 17.3 Å². The summed E-state index contributed by atoms with van der Waals surface area (Å²) in [5.74, 6) is 0. The van der Waals surface area contributed by atoms with Crippen molar-refractivity contribution >= 4 is 59.6 Å². The van der Waals surface area contributed by atoms with Crippen LogP contribution >= 0.6 is 11.3 Å². The van der Waals surface area contributed by atoms with Gasteiger partial charge in [-0.1, -0.05) is 84.9 Å². The van der Waals surface area contributed by atoms with Gasteiger partial charge in [-0.2, -0.15) is 0 Å². The van der Waals surface area contributed by atoms with E-state index >= 15 is 0 Å². The summed E-state index contributed by atoms with van der Waals surface area (Å²) in [6.07, 6.45) is 2.09. The van der Waals surface area contributed by atoms with Gasteiger partial charge < -0.3 is 0 Å². The molecule has 0 unspecified atom stereocenters. The number of thiazole rings is 1. The van der Waals surface area contributed by atoms with E-state index in [9.17, 15) is 0 Å². The first-order chi connectivity index (χ1) is 17.8. The van der Waals surface area contributed by atoms with Gasteiger partial charge >= 0.3 is 0 Å². The number of fused-ring (bicyclic) bond motifs is 9. The zero-order valence-corrected chi connectivity index (χ0v) is 20.2. The Hall–Kier alpha value is -4.47. The zero-order chi connectivity index (χ0) is 23.6. The van der Waals surface area contributed by atoms with Crippen molar-refractivity contribution < 1.29 is 0 Å². The van der Waals surface area contributed by atoms with Crippen LogP contribution < -0.4 is 0 Å². The molecule has 0 spiro atoms. The predicted molar refractivity (Wildman–Crippen MR) is 154 cm³/mol. The highest BCUT2D eigenvalue weighted by Crippen LogP contribution is 2.37. The van der Waals surface area contributed by atoms with E-state index in [1.54, 1.807) is 11.3 Å². The monoisotopic (exact) mass is 476 g/mol. The fourth-order valence-electron chi connectivity index (χ4n) is 5.60. The smallest absolute Gasteiger partial charge is 0.194 e. The maximum Gasteiger partial charge on any atom is 0.194 e. The minimum Gasteiger partial charge on any atom is -0.290 e. The van der Waals surface area contributed by atoms with Gasteiger partial charge in [0.1, 0.15) is 0 Å². The van der Waals surface area contributed by atoms with E-state index in [4.69, 9.17) is 4.98 Å². The third-order valence-electron chi connectivity index (χ3n) is 7.31. The molecule has 2 nitrogen and oxygen atoms in total. The third kappa shape index (κ3) is 2.87. The second-order valence-corrected chi connectivity index (χ2v) is 10.2. The normalized spacial score (nSPS) is 11.9. The first kappa shape index (κ1) is 19.8. The number of imidazole rings is 1. The van der Waals surface area contributed by atoms with Crippen LogP contribution in [0.5, 0.6) is 0 Å². The fraction of sp³-hybridized carbons (Fsp3) is 0. The minimum absolute atomic E-state index is 1.03. The molecule has 8 aromatic rings. The molecule has 0 saturated carbocycles. The molecule has 0 aliphatic carbocycles. The van der Waals surface area contributed by atoms with Crippen molar-refractivity contribution in [1.29, 1.82) is 0 Å². The van der Waals surface area contributed by atoms with E-state index < -0.39 is 0 Å². The van der Waals surface area contributed by atoms with E-state index in [2.05, 4.69) is 125 Å². The van der Waals surface area contributed by atoms with Crippen LogP contribution in [0, 0.1) is 0 Å². The van der Waals surface area contributed by atoms with E-state index in [-0.39, 0.29) is 0 Å². The molecule has 2 heterocycles. The summed E-state index contributed by atoms with van der Waals surface area (Å²) in [5, 5.41) is 9.90. The fourth-order valence-corrected chi connectivity index (χ4v) is 6.33. The summed E-state index contributed by atoms with van der Waals surface area (Å²) in [5.41, 5.74) is 7.03. The number of aromatic nitrogens is 2. The van der Waals surface area contributed by atoms with E-state index in [0.717, 1.165) is 16.0 Å². The van der Waals surface area contributed by atoms with Gasteiger partial charge in [0.25, 0.3) is 0 Å². The maximum absolute atomic E-state index is 4.81. The average molecular weight is 477 g/mol. The second-order valence-electron chi connectivity index (χ2n) is 9.30. The highest BCUT2D eigenvalue weighted by Gasteiger charge is 2.11. The molecule has 0 N–H and O–H groups in total. The molecule has 168 valence electrons. The molecule has 0 amide bonds. The van der Waals surface area contributed by atoms with Gasteiger partial charge in [-0.05, 0) is 78.8 Å². The predicted octanol–water partition coefficient (Wildman–Crippen LogP) is 9.34. The Labute approximate surface area is 211 Å². The largest absolute Gasteiger partial charge is 0.290 e. The lowest BCUT2D eigenvalue weighted by Crippen LogP contribution is -1.86. The van der Waals surface area contributed by atoms with Crippen LogP contribution in [-0.4, -0.2) is 9.38 Å². The number of nitrogens with zero attached hydrogens (tertiary/aromatic N) is 2. The molecule has 2 aromatic heterocycles. The Morgan fingerprint density at radius 2 is 1.08 bits per heavy atom. The molecular weight excluding hydrogens is 456 g/mol. The Balaban J connectivity index is 1.30. The van der Waals surface area contributed by atoms with Gasteiger partial charge in [0.15, 0.2) is 4.96 Å². The average Bonchev–Trinajstić information content (AvgIpc) is 3.54. The quantitative estimate of drug-likeness (QED) is 0.227. The van der Waals surface area contributed by atoms with E-state index in [1.165, 1.54) is 54.6 Å². The molecule has 8 rings (SSSR count). The van der Waals surface area contributed by atoms with Crippen molar-refractivity contribution in [2.75, 3.05) is 0 Å². The number of benzene rings is 6. The molecule has 6 aromatic carbocycles. The second kappa shape index (κ2) is 7.51. The van der Waals surface area contributed by atoms with Crippen LogP contribution in [0.2, 0.25) is 0 Å². The Kier molecular flexibility index (Phi) is 4.13. The van der Waals surface area contributed by atoms with Gasteiger partial charge in [-0.25, -0.2) is 4.98 Å². The van der Waals surface area contributed by atoms with Crippen molar-refractivity contribution in [3.05, 3.63) is 121 Å². The molecule has 36 heavy (non-hydrogen) atoms. The number of hydrogen-bond donors (Lipinski definition) is 0. The summed E-state index contributed by atoms with van der Waals surface area (Å²) in [7, 11) is 0. The van der Waals surface area contributed by atoms with Gasteiger partial charge in [-0.15, -0.1) is 11.3 Å². The van der Waals surface area contributed by atoms with Crippen molar-refractivity contribution in [3.8, 4) is 22.3 Å². The molecule has 0 atom stereocenters. The highest BCUT2D eigenvalue weighted by molar-refractivity contribution is 7.15. The van der Waals surface area contributed by atoms with E-state index in [1.807, 2.05) is 0 Å². The summed E-state index contributed by atoms with van der Waals surface area (Å²) in [6.45, 7) is 0. The zero-order valence-electron chi connectivity index (χ0n) is 19.3. The standard InChI is InChI=1S/C33H20N2S/c1-2-10-27-25(8-1)26-9-3-4-11-28(26)30-19-23(12-14-29(27)30)21-6-5-7-22(18-21)24-13-15-32-31(20-24)34-33-35(32)16-17-36-33/h1-20H. The summed E-state index contributed by atoms with van der Waals surface area (Å²) in [4.78, 5) is 5.85. The lowest BCUT2D eigenvalue weighted by Gasteiger charge is -2.12. The van der Waals surface area contributed by atoms with Gasteiger partial charge in [0, 0.05) is 11.6 Å². The molecule has 0 aliphatic rings. The Morgan fingerprint density at radius 3 is 1.81 bits per heavy atom. The van der Waals surface area contributed by atoms with Gasteiger partial charge in [-0.3, -0.25) is 4.40 Å². The van der Waals surface area contributed by atoms with Gasteiger partial charge in [0.2, 0.25) is 0 Å². The summed E-state index contributed by atoms with van der Waals surface area (Å²) >= 11 is 1.67. The third-order valence-corrected chi connectivity index (χ3v) is 8.07. The van der Waals surface area contributed by atoms with Gasteiger partial charge in [0.05, 0.1) is 11.0 Å². The van der Waals surface area contributed by atoms with Crippen molar-refractivity contribution in [2.45, 2.75) is 0 Å². The lowest BCUT2D eigenvalue weighted by atomic mass is 9.91. The molecule has 0 saturated heterocycles. The minimum atomic E-state index is 1.03. The molecule has 0 fully saturated rings. The molecule has 0 bridgehead atoms. The first-order valence-electron chi connectivity index (χ1n) is 12.1. The molecule has 0 aliphatic heterocycles. The van der Waals surface area contributed by atoms with Crippen LogP contribution in [0.3, 0.4) is 0 Å². The highest BCUT2D eigenvalue weighted by atomic mass is 32.1. The van der Waals surface area contributed by atoms with Crippen LogP contribution in [0.4, 0.5) is 0 Å². The van der Waals surface area contributed by atoms with Crippen molar-refractivity contribution in [1.82, 2.24) is 9.38 Å². The summed E-state index contributed by atoms with van der Waals surface area (Å²) in [6, 6.07) is 39.8. The molecule has 3 heteroatoms. The Bertz CT molecular complexity index is 2080. The van der Waals surface area contributed by atoms with Crippen molar-refractivity contribution in [2.24, 2.45) is 0 Å². The van der Waals surface area contributed by atoms with Crippen LogP contribution in [0.25, 0.3) is 70.6 Å².